The maximum absolute atomic E-state index is 12.5. The molecule has 6 heteroatoms. The van der Waals surface area contributed by atoms with Crippen LogP contribution >= 0.6 is 0 Å². The second-order valence-electron chi connectivity index (χ2n) is 15.4. The highest BCUT2D eigenvalue weighted by atomic mass is 16.3. The van der Waals surface area contributed by atoms with Crippen molar-refractivity contribution < 1.29 is 25.2 Å². The lowest BCUT2D eigenvalue weighted by Crippen LogP contribution is -2.53. The summed E-state index contributed by atoms with van der Waals surface area (Å²) in [7, 11) is 0. The molecule has 49 heavy (non-hydrogen) atoms. The molecule has 294 valence electrons. The van der Waals surface area contributed by atoms with Crippen LogP contribution in [0.1, 0.15) is 239 Å². The molecule has 0 aliphatic heterocycles. The minimum atomic E-state index is -1.25. The summed E-state index contributed by atoms with van der Waals surface area (Å²) in [5, 5.41) is 43.7. The quantitative estimate of drug-likeness (QED) is 0.0409. The van der Waals surface area contributed by atoms with E-state index in [9.17, 15) is 25.2 Å². The lowest BCUT2D eigenvalue weighted by atomic mass is 9.99. The van der Waals surface area contributed by atoms with E-state index in [-0.39, 0.29) is 0 Å². The highest BCUT2D eigenvalue weighted by Crippen LogP contribution is 2.17. The third kappa shape index (κ3) is 32.9. The molecule has 0 radical (unpaired) electrons. The van der Waals surface area contributed by atoms with Crippen molar-refractivity contribution in [3.8, 4) is 0 Å². The highest BCUT2D eigenvalue weighted by Gasteiger charge is 2.28. The van der Waals surface area contributed by atoms with Crippen molar-refractivity contribution in [2.75, 3.05) is 6.61 Å². The predicted octanol–water partition coefficient (Wildman–Crippen LogP) is 11.2. The minimum absolute atomic E-state index is 0.376. The predicted molar refractivity (Wildman–Crippen MR) is 210 cm³/mol. The Morgan fingerprint density at radius 2 is 0.694 bits per heavy atom. The number of carbonyl (C=O) groups excluding carboxylic acids is 1. The standard InChI is InChI=1S/C43H87NO5/c1-3-5-7-9-11-13-15-17-19-20-21-22-23-25-27-29-31-33-35-37-41(47)43(49)44-39(38-45)42(48)40(46)36-34-32-30-28-26-24-18-16-14-12-10-8-6-4-2/h39-42,45-48H,3-38H2,1-2H3,(H,44,49). The van der Waals surface area contributed by atoms with Crippen LogP contribution in [0.15, 0.2) is 0 Å². The van der Waals surface area contributed by atoms with Crippen molar-refractivity contribution in [3.05, 3.63) is 0 Å². The number of aliphatic hydroxyl groups excluding tert-OH is 4. The molecule has 1 amide bonds. The molecule has 0 heterocycles. The smallest absolute Gasteiger partial charge is 0.249 e. The zero-order chi connectivity index (χ0) is 36.0. The number of carbonyl (C=O) groups is 1. The third-order valence-corrected chi connectivity index (χ3v) is 10.6. The van der Waals surface area contributed by atoms with E-state index in [2.05, 4.69) is 19.2 Å². The highest BCUT2D eigenvalue weighted by molar-refractivity contribution is 5.80. The Balaban J connectivity index is 3.69. The van der Waals surface area contributed by atoms with Crippen LogP contribution in [0.3, 0.4) is 0 Å². The number of amides is 1. The van der Waals surface area contributed by atoms with Crippen molar-refractivity contribution in [1.29, 1.82) is 0 Å². The van der Waals surface area contributed by atoms with Crippen LogP contribution in [-0.4, -0.2) is 57.3 Å². The van der Waals surface area contributed by atoms with Crippen molar-refractivity contribution in [1.82, 2.24) is 5.32 Å². The van der Waals surface area contributed by atoms with Crippen LogP contribution < -0.4 is 5.32 Å². The molecule has 6 nitrogen and oxygen atoms in total. The van der Waals surface area contributed by atoms with Gasteiger partial charge < -0.3 is 25.7 Å². The molecule has 0 aromatic heterocycles. The van der Waals surface area contributed by atoms with Crippen LogP contribution in [-0.2, 0) is 4.79 Å². The monoisotopic (exact) mass is 698 g/mol. The van der Waals surface area contributed by atoms with Crippen molar-refractivity contribution >= 4 is 5.91 Å². The first kappa shape index (κ1) is 48.3. The van der Waals surface area contributed by atoms with Gasteiger partial charge in [0, 0.05) is 0 Å². The molecule has 0 saturated carbocycles. The summed E-state index contributed by atoms with van der Waals surface area (Å²) in [4.78, 5) is 12.5. The zero-order valence-electron chi connectivity index (χ0n) is 33.0. The van der Waals surface area contributed by atoms with Gasteiger partial charge in [0.25, 0.3) is 0 Å². The first-order valence-corrected chi connectivity index (χ1v) is 21.9. The van der Waals surface area contributed by atoms with Gasteiger partial charge in [0.05, 0.1) is 18.8 Å². The van der Waals surface area contributed by atoms with E-state index >= 15 is 0 Å². The Kier molecular flexibility index (Phi) is 38.0. The fourth-order valence-corrected chi connectivity index (χ4v) is 7.05. The molecule has 0 bridgehead atoms. The Morgan fingerprint density at radius 3 is 0.980 bits per heavy atom. The van der Waals surface area contributed by atoms with Crippen molar-refractivity contribution in [3.63, 3.8) is 0 Å². The first-order valence-electron chi connectivity index (χ1n) is 21.9. The summed E-state index contributed by atoms with van der Waals surface area (Å²) >= 11 is 0. The van der Waals surface area contributed by atoms with E-state index in [1.54, 1.807) is 0 Å². The number of hydrogen-bond acceptors (Lipinski definition) is 5. The summed E-state index contributed by atoms with van der Waals surface area (Å²) in [6.07, 6.45) is 39.8. The molecule has 0 aliphatic carbocycles. The molecule has 4 atom stereocenters. The largest absolute Gasteiger partial charge is 0.394 e. The van der Waals surface area contributed by atoms with E-state index in [4.69, 9.17) is 0 Å². The van der Waals surface area contributed by atoms with Crippen LogP contribution in [0.2, 0.25) is 0 Å². The molecule has 0 aromatic rings. The minimum Gasteiger partial charge on any atom is -0.394 e. The van der Waals surface area contributed by atoms with E-state index in [0.717, 1.165) is 38.5 Å². The van der Waals surface area contributed by atoms with Gasteiger partial charge >= 0.3 is 0 Å². The normalized spacial score (nSPS) is 14.2. The summed E-state index contributed by atoms with van der Waals surface area (Å²) in [6, 6.07) is -0.978. The van der Waals surface area contributed by atoms with Gasteiger partial charge in [0.15, 0.2) is 0 Å². The molecule has 4 unspecified atom stereocenters. The van der Waals surface area contributed by atoms with Gasteiger partial charge in [-0.15, -0.1) is 0 Å². The molecule has 0 saturated heterocycles. The third-order valence-electron chi connectivity index (χ3n) is 10.6. The van der Waals surface area contributed by atoms with E-state index in [0.29, 0.717) is 12.8 Å². The molecule has 0 aliphatic rings. The number of hydrogen-bond donors (Lipinski definition) is 5. The van der Waals surface area contributed by atoms with E-state index in [1.165, 1.54) is 173 Å². The Bertz CT molecular complexity index is 662. The fraction of sp³-hybridized carbons (Fsp3) is 0.977. The van der Waals surface area contributed by atoms with E-state index < -0.39 is 36.9 Å². The number of unbranched alkanes of at least 4 members (excludes halogenated alkanes) is 31. The fourth-order valence-electron chi connectivity index (χ4n) is 7.05. The molecule has 0 aromatic carbocycles. The average molecular weight is 698 g/mol. The maximum Gasteiger partial charge on any atom is 0.249 e. The number of rotatable bonds is 40. The van der Waals surface area contributed by atoms with Crippen molar-refractivity contribution in [2.24, 2.45) is 0 Å². The van der Waals surface area contributed by atoms with Gasteiger partial charge in [-0.05, 0) is 12.8 Å². The van der Waals surface area contributed by atoms with Gasteiger partial charge in [-0.3, -0.25) is 4.79 Å². The summed E-state index contributed by atoms with van der Waals surface area (Å²) in [5.74, 6) is -0.579. The second-order valence-corrected chi connectivity index (χ2v) is 15.4. The van der Waals surface area contributed by atoms with Gasteiger partial charge in [0.1, 0.15) is 12.2 Å². The van der Waals surface area contributed by atoms with Gasteiger partial charge in [-0.1, -0.05) is 226 Å². The van der Waals surface area contributed by atoms with Crippen LogP contribution in [0.25, 0.3) is 0 Å². The molecule has 5 N–H and O–H groups in total. The Labute approximate surface area is 305 Å². The molecular formula is C43H87NO5. The van der Waals surface area contributed by atoms with Crippen LogP contribution in [0, 0.1) is 0 Å². The number of nitrogens with one attached hydrogen (secondary N) is 1. The summed E-state index contributed by atoms with van der Waals surface area (Å²) in [5.41, 5.74) is 0. The number of aliphatic hydroxyl groups is 4. The second kappa shape index (κ2) is 38.5. The average Bonchev–Trinajstić information content (AvgIpc) is 3.11. The lowest BCUT2D eigenvalue weighted by molar-refractivity contribution is -0.132. The maximum atomic E-state index is 12.5. The first-order chi connectivity index (χ1) is 24.0. The zero-order valence-corrected chi connectivity index (χ0v) is 33.0. The Hall–Kier alpha value is -0.690. The topological polar surface area (TPSA) is 110 Å². The SMILES string of the molecule is CCCCCCCCCCCCCCCCCCCCCC(O)C(=O)NC(CO)C(O)C(O)CCCCCCCCCCCCCCCC. The van der Waals surface area contributed by atoms with E-state index in [1.807, 2.05) is 0 Å². The molecule has 0 spiro atoms. The van der Waals surface area contributed by atoms with Crippen molar-refractivity contribution in [2.45, 2.75) is 263 Å². The molecule has 0 fully saturated rings. The lowest BCUT2D eigenvalue weighted by Gasteiger charge is -2.27. The van der Waals surface area contributed by atoms with Gasteiger partial charge in [-0.25, -0.2) is 0 Å². The van der Waals surface area contributed by atoms with Gasteiger partial charge in [-0.2, -0.15) is 0 Å². The van der Waals surface area contributed by atoms with Crippen LogP contribution in [0.4, 0.5) is 0 Å². The van der Waals surface area contributed by atoms with Crippen LogP contribution in [0.5, 0.6) is 0 Å². The Morgan fingerprint density at radius 1 is 0.429 bits per heavy atom. The summed E-state index contributed by atoms with van der Waals surface area (Å²) in [6.45, 7) is 4.06. The summed E-state index contributed by atoms with van der Waals surface area (Å²) < 4.78 is 0. The molecular weight excluding hydrogens is 610 g/mol. The van der Waals surface area contributed by atoms with Gasteiger partial charge in [0.2, 0.25) is 5.91 Å². The molecule has 0 rings (SSSR count).